The molecule has 0 bridgehead atoms. The van der Waals surface area contributed by atoms with Crippen LogP contribution >= 0.6 is 0 Å². The van der Waals surface area contributed by atoms with E-state index < -0.39 is 5.97 Å². The molecule has 0 amide bonds. The topological polar surface area (TPSA) is 91.0 Å². The zero-order valence-electron chi connectivity index (χ0n) is 19.0. The molecule has 2 aromatic carbocycles. The number of fused-ring (bicyclic) bond motifs is 1. The molecule has 1 fully saturated rings. The molecule has 1 aliphatic heterocycles. The number of nitrogens with zero attached hydrogens (tertiary/aromatic N) is 4. The summed E-state index contributed by atoms with van der Waals surface area (Å²) in [4.78, 5) is 23.5. The van der Waals surface area contributed by atoms with E-state index in [1.165, 1.54) is 24.5 Å². The number of likely N-dealkylation sites (tertiary alicyclic amines) is 1. The van der Waals surface area contributed by atoms with Crippen LogP contribution in [-0.2, 0) is 13.6 Å². The van der Waals surface area contributed by atoms with Gasteiger partial charge in [-0.3, -0.25) is 9.88 Å². The Morgan fingerprint density at radius 2 is 1.88 bits per heavy atom. The van der Waals surface area contributed by atoms with Crippen LogP contribution in [0.2, 0.25) is 0 Å². The van der Waals surface area contributed by atoms with Crippen molar-refractivity contribution in [2.75, 3.05) is 13.1 Å². The SMILES string of the molecule is Cn1c(O)c(C(=Nc2cccc(CN3CCCC3)c2)c2ccccn2)c2cc(C(=O)O)ccc21. The number of rotatable bonds is 6. The summed E-state index contributed by atoms with van der Waals surface area (Å²) in [7, 11) is 1.74. The van der Waals surface area contributed by atoms with Crippen LogP contribution in [0, 0.1) is 0 Å². The Morgan fingerprint density at radius 1 is 1.06 bits per heavy atom. The third-order valence-corrected chi connectivity index (χ3v) is 6.32. The molecule has 1 saturated heterocycles. The zero-order valence-corrected chi connectivity index (χ0v) is 19.0. The van der Waals surface area contributed by atoms with Gasteiger partial charge in [-0.2, -0.15) is 0 Å². The second kappa shape index (κ2) is 9.11. The molecule has 0 aliphatic carbocycles. The van der Waals surface area contributed by atoms with Gasteiger partial charge in [-0.1, -0.05) is 18.2 Å². The molecular formula is C27H26N4O3. The molecule has 7 heteroatoms. The van der Waals surface area contributed by atoms with E-state index in [9.17, 15) is 15.0 Å². The molecule has 0 radical (unpaired) electrons. The first-order valence-corrected chi connectivity index (χ1v) is 11.4. The smallest absolute Gasteiger partial charge is 0.335 e. The van der Waals surface area contributed by atoms with Gasteiger partial charge in [0.25, 0.3) is 0 Å². The summed E-state index contributed by atoms with van der Waals surface area (Å²) in [5.41, 5.74) is 4.34. The van der Waals surface area contributed by atoms with E-state index >= 15 is 0 Å². The standard InChI is InChI=1S/C27H26N4O3/c1-30-23-11-10-19(27(33)34)16-21(23)24(26(30)32)25(22-9-2-3-12-28-22)29-20-8-6-7-18(15-20)17-31-13-4-5-14-31/h2-3,6-12,15-16,32H,4-5,13-14,17H2,1H3,(H,33,34). The number of aliphatic imine (C=N–C) groups is 1. The molecule has 4 aromatic rings. The molecule has 2 aromatic heterocycles. The Balaban J connectivity index is 1.67. The summed E-state index contributed by atoms with van der Waals surface area (Å²) < 4.78 is 1.64. The lowest BCUT2D eigenvalue weighted by Gasteiger charge is -2.14. The zero-order chi connectivity index (χ0) is 23.7. The number of carboxylic acid groups (broad SMARTS) is 1. The number of aromatic nitrogens is 2. The number of aryl methyl sites for hydroxylation is 1. The molecule has 0 saturated carbocycles. The minimum absolute atomic E-state index is 0.00941. The summed E-state index contributed by atoms with van der Waals surface area (Å²) in [6.07, 6.45) is 4.15. The molecule has 3 heterocycles. The van der Waals surface area contributed by atoms with Crippen LogP contribution in [0.4, 0.5) is 5.69 Å². The summed E-state index contributed by atoms with van der Waals surface area (Å²) in [5, 5.41) is 21.2. The van der Waals surface area contributed by atoms with Crippen LogP contribution in [0.3, 0.4) is 0 Å². The van der Waals surface area contributed by atoms with Gasteiger partial charge in [0, 0.05) is 25.2 Å². The lowest BCUT2D eigenvalue weighted by Crippen LogP contribution is -2.18. The summed E-state index contributed by atoms with van der Waals surface area (Å²) in [6.45, 7) is 3.11. The lowest BCUT2D eigenvalue weighted by molar-refractivity contribution is 0.0697. The van der Waals surface area contributed by atoms with E-state index in [1.807, 2.05) is 30.3 Å². The minimum atomic E-state index is -1.03. The first-order valence-electron chi connectivity index (χ1n) is 11.4. The minimum Gasteiger partial charge on any atom is -0.494 e. The molecule has 7 nitrogen and oxygen atoms in total. The molecule has 1 aliphatic rings. The van der Waals surface area contributed by atoms with Crippen LogP contribution in [0.25, 0.3) is 10.9 Å². The van der Waals surface area contributed by atoms with Crippen molar-refractivity contribution in [3.63, 3.8) is 0 Å². The van der Waals surface area contributed by atoms with E-state index in [0.717, 1.165) is 25.3 Å². The fourth-order valence-electron chi connectivity index (χ4n) is 4.59. The number of hydrogen-bond donors (Lipinski definition) is 2. The second-order valence-electron chi connectivity index (χ2n) is 8.62. The van der Waals surface area contributed by atoms with Crippen LogP contribution in [0.5, 0.6) is 5.88 Å². The highest BCUT2D eigenvalue weighted by Gasteiger charge is 2.23. The highest BCUT2D eigenvalue weighted by atomic mass is 16.4. The average molecular weight is 455 g/mol. The number of carboxylic acids is 1. The fourth-order valence-corrected chi connectivity index (χ4v) is 4.59. The lowest BCUT2D eigenvalue weighted by atomic mass is 10.0. The predicted octanol–water partition coefficient (Wildman–Crippen LogP) is 4.74. The first kappa shape index (κ1) is 21.9. The van der Waals surface area contributed by atoms with Gasteiger partial charge < -0.3 is 14.8 Å². The predicted molar refractivity (Wildman–Crippen MR) is 132 cm³/mol. The summed E-state index contributed by atoms with van der Waals surface area (Å²) in [5.74, 6) is -1.02. The molecule has 5 rings (SSSR count). The van der Waals surface area contributed by atoms with Crippen LogP contribution in [0.1, 0.15) is 40.0 Å². The van der Waals surface area contributed by atoms with Gasteiger partial charge >= 0.3 is 5.97 Å². The second-order valence-corrected chi connectivity index (χ2v) is 8.62. The van der Waals surface area contributed by atoms with E-state index in [1.54, 1.807) is 29.9 Å². The molecule has 2 N–H and O–H groups in total. The molecule has 0 spiro atoms. The van der Waals surface area contributed by atoms with E-state index in [4.69, 9.17) is 4.99 Å². The number of aromatic hydroxyl groups is 1. The number of carbonyl (C=O) groups is 1. The van der Waals surface area contributed by atoms with E-state index in [-0.39, 0.29) is 11.4 Å². The highest BCUT2D eigenvalue weighted by Crippen LogP contribution is 2.34. The van der Waals surface area contributed by atoms with Gasteiger partial charge in [0.1, 0.15) is 5.71 Å². The van der Waals surface area contributed by atoms with Crippen molar-refractivity contribution in [1.82, 2.24) is 14.5 Å². The quantitative estimate of drug-likeness (QED) is 0.411. The summed E-state index contributed by atoms with van der Waals surface area (Å²) in [6, 6.07) is 18.4. The van der Waals surface area contributed by atoms with Crippen LogP contribution in [-0.4, -0.2) is 49.4 Å². The van der Waals surface area contributed by atoms with Gasteiger partial charge in [0.05, 0.1) is 28.0 Å². The van der Waals surface area contributed by atoms with E-state index in [0.29, 0.717) is 27.9 Å². The van der Waals surface area contributed by atoms with Crippen LogP contribution in [0.15, 0.2) is 71.9 Å². The third-order valence-electron chi connectivity index (χ3n) is 6.32. The van der Waals surface area contributed by atoms with E-state index in [2.05, 4.69) is 22.0 Å². The maximum absolute atomic E-state index is 11.6. The molecule has 0 atom stereocenters. The normalized spacial score (nSPS) is 14.7. The number of pyridine rings is 1. The Labute approximate surface area is 197 Å². The number of aromatic carboxylic acids is 1. The van der Waals surface area contributed by atoms with Gasteiger partial charge in [0.2, 0.25) is 5.88 Å². The van der Waals surface area contributed by atoms with Gasteiger partial charge in [0.15, 0.2) is 0 Å². The van der Waals surface area contributed by atoms with Gasteiger partial charge in [-0.15, -0.1) is 0 Å². The Bertz CT molecular complexity index is 1390. The molecule has 34 heavy (non-hydrogen) atoms. The highest BCUT2D eigenvalue weighted by molar-refractivity contribution is 6.21. The van der Waals surface area contributed by atoms with Crippen molar-refractivity contribution < 1.29 is 15.0 Å². The van der Waals surface area contributed by atoms with Crippen LogP contribution < -0.4 is 0 Å². The van der Waals surface area contributed by atoms with Crippen molar-refractivity contribution in [1.29, 1.82) is 0 Å². The maximum Gasteiger partial charge on any atom is 0.335 e. The first-order chi connectivity index (χ1) is 16.5. The Hall–Kier alpha value is -3.97. The Kier molecular flexibility index (Phi) is 5.86. The maximum atomic E-state index is 11.6. The number of benzene rings is 2. The monoisotopic (exact) mass is 454 g/mol. The molecular weight excluding hydrogens is 428 g/mol. The van der Waals surface area contributed by atoms with Crippen molar-refractivity contribution in [2.45, 2.75) is 19.4 Å². The average Bonchev–Trinajstić information content (AvgIpc) is 3.44. The van der Waals surface area contributed by atoms with Gasteiger partial charge in [-0.25, -0.2) is 9.79 Å². The fraction of sp³-hybridized carbons (Fsp3) is 0.222. The largest absolute Gasteiger partial charge is 0.494 e. The van der Waals surface area contributed by atoms with Crippen molar-refractivity contribution in [3.8, 4) is 5.88 Å². The summed E-state index contributed by atoms with van der Waals surface area (Å²) >= 11 is 0. The van der Waals surface area contributed by atoms with Gasteiger partial charge in [-0.05, 0) is 74.0 Å². The molecule has 172 valence electrons. The van der Waals surface area contributed by atoms with Crippen molar-refractivity contribution in [2.24, 2.45) is 12.0 Å². The Morgan fingerprint density at radius 3 is 2.62 bits per heavy atom. The number of hydrogen-bond acceptors (Lipinski definition) is 5. The molecule has 0 unspecified atom stereocenters. The third kappa shape index (κ3) is 4.18. The van der Waals surface area contributed by atoms with Crippen molar-refractivity contribution in [3.05, 3.63) is 89.2 Å². The van der Waals surface area contributed by atoms with Crippen molar-refractivity contribution >= 4 is 28.3 Å².